The van der Waals surface area contributed by atoms with Crippen molar-refractivity contribution in [1.82, 2.24) is 9.88 Å². The van der Waals surface area contributed by atoms with Gasteiger partial charge < -0.3 is 9.80 Å². The minimum Gasteiger partial charge on any atom is -0.332 e. The van der Waals surface area contributed by atoms with E-state index < -0.39 is 0 Å². The molecular formula is C16H20N3O+. The fraction of sp³-hybridized carbons (Fsp3) is 0.375. The molecule has 0 saturated carbocycles. The molecule has 1 aliphatic heterocycles. The molecule has 4 nitrogen and oxygen atoms in total. The summed E-state index contributed by atoms with van der Waals surface area (Å²) in [5.74, 6) is 0.0610. The van der Waals surface area contributed by atoms with Crippen molar-refractivity contribution in [1.29, 1.82) is 0 Å². The van der Waals surface area contributed by atoms with Crippen molar-refractivity contribution < 1.29 is 9.69 Å². The summed E-state index contributed by atoms with van der Waals surface area (Å²) >= 11 is 0. The third kappa shape index (κ3) is 2.51. The van der Waals surface area contributed by atoms with Crippen molar-refractivity contribution in [2.24, 2.45) is 0 Å². The molecular weight excluding hydrogens is 250 g/mol. The standard InChI is InChI=1S/C16H19N3O/c1-2-18-9-11-19(12-10-18)16(20)15-8-7-13-5-3-4-6-14(13)17-15/h3-8H,2,9-12H2,1H3/p+1. The molecule has 0 spiro atoms. The maximum absolute atomic E-state index is 12.5. The summed E-state index contributed by atoms with van der Waals surface area (Å²) in [5, 5.41) is 1.07. The van der Waals surface area contributed by atoms with E-state index in [1.54, 1.807) is 4.90 Å². The Labute approximate surface area is 119 Å². The van der Waals surface area contributed by atoms with Crippen LogP contribution in [0.4, 0.5) is 0 Å². The first kappa shape index (κ1) is 13.1. The SMILES string of the molecule is CC[NH+]1CCN(C(=O)c2ccc3ccccc3n2)CC1. The molecule has 2 aromatic rings. The number of quaternary nitrogens is 1. The number of amides is 1. The van der Waals surface area contributed by atoms with Gasteiger partial charge in [0.2, 0.25) is 0 Å². The van der Waals surface area contributed by atoms with E-state index in [1.807, 2.05) is 41.3 Å². The zero-order valence-corrected chi connectivity index (χ0v) is 11.8. The van der Waals surface area contributed by atoms with E-state index in [2.05, 4.69) is 11.9 Å². The van der Waals surface area contributed by atoms with Crippen LogP contribution in [0, 0.1) is 0 Å². The summed E-state index contributed by atoms with van der Waals surface area (Å²) in [6, 6.07) is 11.7. The van der Waals surface area contributed by atoms with Gasteiger partial charge in [-0.3, -0.25) is 4.79 Å². The summed E-state index contributed by atoms with van der Waals surface area (Å²) < 4.78 is 0. The van der Waals surface area contributed by atoms with Gasteiger partial charge in [-0.25, -0.2) is 4.98 Å². The number of fused-ring (bicyclic) bond motifs is 1. The van der Waals surface area contributed by atoms with Gasteiger partial charge in [0.05, 0.1) is 38.2 Å². The number of hydrogen-bond acceptors (Lipinski definition) is 2. The van der Waals surface area contributed by atoms with Gasteiger partial charge in [-0.1, -0.05) is 24.3 Å². The Kier molecular flexibility index (Phi) is 3.65. The van der Waals surface area contributed by atoms with Crippen molar-refractivity contribution in [3.63, 3.8) is 0 Å². The first-order chi connectivity index (χ1) is 9.78. The smallest absolute Gasteiger partial charge is 0.272 e. The molecule has 1 aromatic heterocycles. The normalized spacial score (nSPS) is 16.6. The van der Waals surface area contributed by atoms with Crippen molar-refractivity contribution in [2.45, 2.75) is 6.92 Å². The van der Waals surface area contributed by atoms with Crippen LogP contribution in [-0.2, 0) is 0 Å². The molecule has 2 heterocycles. The Balaban J connectivity index is 1.79. The number of likely N-dealkylation sites (N-methyl/N-ethyl adjacent to an activating group) is 1. The number of nitrogens with zero attached hydrogens (tertiary/aromatic N) is 2. The van der Waals surface area contributed by atoms with Gasteiger partial charge in [0.1, 0.15) is 5.69 Å². The largest absolute Gasteiger partial charge is 0.332 e. The van der Waals surface area contributed by atoms with Gasteiger partial charge in [-0.2, -0.15) is 0 Å². The lowest BCUT2D eigenvalue weighted by molar-refractivity contribution is -0.902. The second kappa shape index (κ2) is 5.59. The van der Waals surface area contributed by atoms with Crippen molar-refractivity contribution in [3.05, 3.63) is 42.1 Å². The number of benzene rings is 1. The zero-order chi connectivity index (χ0) is 13.9. The molecule has 0 aliphatic carbocycles. The topological polar surface area (TPSA) is 37.6 Å². The average Bonchev–Trinajstić information content (AvgIpc) is 2.54. The molecule has 4 heteroatoms. The Hall–Kier alpha value is -1.94. The van der Waals surface area contributed by atoms with Gasteiger partial charge in [0.25, 0.3) is 5.91 Å². The summed E-state index contributed by atoms with van der Waals surface area (Å²) in [5.41, 5.74) is 1.44. The van der Waals surface area contributed by atoms with Crippen LogP contribution in [-0.4, -0.2) is 48.5 Å². The fourth-order valence-corrected chi connectivity index (χ4v) is 2.73. The van der Waals surface area contributed by atoms with E-state index >= 15 is 0 Å². The van der Waals surface area contributed by atoms with Crippen LogP contribution in [0.15, 0.2) is 36.4 Å². The highest BCUT2D eigenvalue weighted by Gasteiger charge is 2.24. The van der Waals surface area contributed by atoms with E-state index in [9.17, 15) is 4.79 Å². The van der Waals surface area contributed by atoms with Crippen LogP contribution in [0.3, 0.4) is 0 Å². The van der Waals surface area contributed by atoms with E-state index in [4.69, 9.17) is 0 Å². The number of carbonyl (C=O) groups excluding carboxylic acids is 1. The minimum atomic E-state index is 0.0610. The molecule has 1 fully saturated rings. The second-order valence-corrected chi connectivity index (χ2v) is 5.28. The molecule has 1 aliphatic rings. The lowest BCUT2D eigenvalue weighted by atomic mass is 10.2. The number of rotatable bonds is 2. The van der Waals surface area contributed by atoms with Gasteiger partial charge in [0, 0.05) is 5.39 Å². The Morgan fingerprint density at radius 2 is 1.95 bits per heavy atom. The molecule has 3 rings (SSSR count). The first-order valence-electron chi connectivity index (χ1n) is 7.26. The molecule has 20 heavy (non-hydrogen) atoms. The van der Waals surface area contributed by atoms with Gasteiger partial charge in [-0.05, 0) is 19.1 Å². The molecule has 0 bridgehead atoms. The number of carbonyl (C=O) groups is 1. The molecule has 1 N–H and O–H groups in total. The lowest BCUT2D eigenvalue weighted by Gasteiger charge is -2.31. The summed E-state index contributed by atoms with van der Waals surface area (Å²) in [6.07, 6.45) is 0. The summed E-state index contributed by atoms with van der Waals surface area (Å²) in [6.45, 7) is 7.06. The summed E-state index contributed by atoms with van der Waals surface area (Å²) in [4.78, 5) is 20.5. The fourth-order valence-electron chi connectivity index (χ4n) is 2.73. The van der Waals surface area contributed by atoms with E-state index in [1.165, 1.54) is 0 Å². The van der Waals surface area contributed by atoms with Gasteiger partial charge in [0.15, 0.2) is 0 Å². The van der Waals surface area contributed by atoms with Crippen LogP contribution in [0.2, 0.25) is 0 Å². The highest BCUT2D eigenvalue weighted by atomic mass is 16.2. The second-order valence-electron chi connectivity index (χ2n) is 5.28. The maximum atomic E-state index is 12.5. The predicted molar refractivity (Wildman–Crippen MR) is 78.9 cm³/mol. The van der Waals surface area contributed by atoms with E-state index in [-0.39, 0.29) is 5.91 Å². The Morgan fingerprint density at radius 1 is 1.20 bits per heavy atom. The number of para-hydroxylation sites is 1. The molecule has 1 saturated heterocycles. The Bertz CT molecular complexity index is 618. The predicted octanol–water partition coefficient (Wildman–Crippen LogP) is 0.595. The van der Waals surface area contributed by atoms with Crippen LogP contribution in [0.5, 0.6) is 0 Å². The highest BCUT2D eigenvalue weighted by Crippen LogP contribution is 2.13. The molecule has 0 atom stereocenters. The lowest BCUT2D eigenvalue weighted by Crippen LogP contribution is -3.14. The van der Waals surface area contributed by atoms with E-state index in [0.717, 1.165) is 43.6 Å². The highest BCUT2D eigenvalue weighted by molar-refractivity contribution is 5.94. The van der Waals surface area contributed by atoms with Crippen LogP contribution in [0.1, 0.15) is 17.4 Å². The van der Waals surface area contributed by atoms with Crippen molar-refractivity contribution >= 4 is 16.8 Å². The van der Waals surface area contributed by atoms with Crippen LogP contribution >= 0.6 is 0 Å². The number of piperazine rings is 1. The first-order valence-corrected chi connectivity index (χ1v) is 7.26. The molecule has 1 aromatic carbocycles. The molecule has 0 radical (unpaired) electrons. The quantitative estimate of drug-likeness (QED) is 0.867. The molecule has 0 unspecified atom stereocenters. The van der Waals surface area contributed by atoms with Gasteiger partial charge >= 0.3 is 0 Å². The summed E-state index contributed by atoms with van der Waals surface area (Å²) in [7, 11) is 0. The van der Waals surface area contributed by atoms with Crippen LogP contribution in [0.25, 0.3) is 10.9 Å². The van der Waals surface area contributed by atoms with Crippen LogP contribution < -0.4 is 4.90 Å². The average molecular weight is 270 g/mol. The van der Waals surface area contributed by atoms with Gasteiger partial charge in [-0.15, -0.1) is 0 Å². The maximum Gasteiger partial charge on any atom is 0.272 e. The Morgan fingerprint density at radius 3 is 2.70 bits per heavy atom. The number of nitrogens with one attached hydrogen (secondary N) is 1. The number of pyridine rings is 1. The zero-order valence-electron chi connectivity index (χ0n) is 11.8. The minimum absolute atomic E-state index is 0.0610. The van der Waals surface area contributed by atoms with E-state index in [0.29, 0.717) is 5.69 Å². The third-order valence-electron chi connectivity index (χ3n) is 4.08. The van der Waals surface area contributed by atoms with Crippen molar-refractivity contribution in [3.8, 4) is 0 Å². The monoisotopic (exact) mass is 270 g/mol. The van der Waals surface area contributed by atoms with Crippen molar-refractivity contribution in [2.75, 3.05) is 32.7 Å². The molecule has 104 valence electrons. The molecule has 1 amide bonds. The number of hydrogen-bond donors (Lipinski definition) is 1. The third-order valence-corrected chi connectivity index (χ3v) is 4.08. The number of aromatic nitrogens is 1.